The fraction of sp³-hybridized carbons (Fsp3) is 0.250. The molecule has 0 radical (unpaired) electrons. The van der Waals surface area contributed by atoms with Gasteiger partial charge in [0, 0.05) is 34.3 Å². The standard InChI is InChI=1S/C16H17BrClN/c1-11-7-12(2)9-13(8-11)19(3)16-6-4-5-15(18)14(16)10-17/h4-9H,10H2,1-3H3. The maximum absolute atomic E-state index is 6.27. The number of rotatable bonds is 3. The van der Waals surface area contributed by atoms with E-state index in [2.05, 4.69) is 66.0 Å². The number of benzene rings is 2. The molecule has 0 aliphatic heterocycles. The summed E-state index contributed by atoms with van der Waals surface area (Å²) in [5.74, 6) is 0. The Labute approximate surface area is 128 Å². The smallest absolute Gasteiger partial charge is 0.0467 e. The Morgan fingerprint density at radius 1 is 1.11 bits per heavy atom. The predicted octanol–water partition coefficient (Wildman–Crippen LogP) is 5.62. The summed E-state index contributed by atoms with van der Waals surface area (Å²) in [7, 11) is 2.08. The fourth-order valence-electron chi connectivity index (χ4n) is 2.28. The molecule has 0 aliphatic rings. The summed E-state index contributed by atoms with van der Waals surface area (Å²) in [4.78, 5) is 2.18. The Bertz CT molecular complexity index is 575. The van der Waals surface area contributed by atoms with Crippen molar-refractivity contribution in [1.29, 1.82) is 0 Å². The van der Waals surface area contributed by atoms with Crippen LogP contribution < -0.4 is 4.90 Å². The van der Waals surface area contributed by atoms with Gasteiger partial charge in [0.1, 0.15) is 0 Å². The molecular formula is C16H17BrClN. The molecule has 0 N–H and O–H groups in total. The zero-order chi connectivity index (χ0) is 14.0. The molecule has 2 aromatic rings. The zero-order valence-electron chi connectivity index (χ0n) is 11.4. The average Bonchev–Trinajstić information content (AvgIpc) is 2.36. The minimum Gasteiger partial charge on any atom is -0.344 e. The van der Waals surface area contributed by atoms with Gasteiger partial charge < -0.3 is 4.90 Å². The monoisotopic (exact) mass is 337 g/mol. The van der Waals surface area contributed by atoms with Gasteiger partial charge in [-0.05, 0) is 49.2 Å². The third-order valence-electron chi connectivity index (χ3n) is 3.18. The summed E-state index contributed by atoms with van der Waals surface area (Å²) < 4.78 is 0. The van der Waals surface area contributed by atoms with E-state index in [0.717, 1.165) is 21.6 Å². The second kappa shape index (κ2) is 5.98. The fourth-order valence-corrected chi connectivity index (χ4v) is 3.26. The minimum atomic E-state index is 0.747. The van der Waals surface area contributed by atoms with Gasteiger partial charge in [-0.3, -0.25) is 0 Å². The zero-order valence-corrected chi connectivity index (χ0v) is 13.7. The highest BCUT2D eigenvalue weighted by atomic mass is 79.9. The first kappa shape index (κ1) is 14.4. The van der Waals surface area contributed by atoms with E-state index in [1.807, 2.05) is 12.1 Å². The van der Waals surface area contributed by atoms with Gasteiger partial charge in [0.25, 0.3) is 0 Å². The molecule has 0 aromatic heterocycles. The van der Waals surface area contributed by atoms with Crippen molar-refractivity contribution in [3.8, 4) is 0 Å². The van der Waals surface area contributed by atoms with Crippen molar-refractivity contribution in [2.45, 2.75) is 19.2 Å². The van der Waals surface area contributed by atoms with Gasteiger partial charge >= 0.3 is 0 Å². The van der Waals surface area contributed by atoms with Crippen LogP contribution in [0.25, 0.3) is 0 Å². The summed E-state index contributed by atoms with van der Waals surface area (Å²) in [5, 5.41) is 1.54. The Morgan fingerprint density at radius 2 is 1.74 bits per heavy atom. The van der Waals surface area contributed by atoms with E-state index < -0.39 is 0 Å². The number of anilines is 2. The predicted molar refractivity (Wildman–Crippen MR) is 88.1 cm³/mol. The second-order valence-electron chi connectivity index (χ2n) is 4.78. The molecule has 1 nitrogen and oxygen atoms in total. The van der Waals surface area contributed by atoms with E-state index in [1.54, 1.807) is 0 Å². The van der Waals surface area contributed by atoms with Crippen LogP contribution in [0.4, 0.5) is 11.4 Å². The molecule has 0 fully saturated rings. The molecule has 100 valence electrons. The molecule has 0 unspecified atom stereocenters. The SMILES string of the molecule is Cc1cc(C)cc(N(C)c2cccc(Cl)c2CBr)c1. The molecule has 0 amide bonds. The minimum absolute atomic E-state index is 0.747. The first-order chi connectivity index (χ1) is 9.02. The van der Waals surface area contributed by atoms with Crippen LogP contribution in [0.1, 0.15) is 16.7 Å². The van der Waals surface area contributed by atoms with Crippen LogP contribution in [0.5, 0.6) is 0 Å². The van der Waals surface area contributed by atoms with E-state index in [0.29, 0.717) is 0 Å². The molecule has 0 spiro atoms. The number of aryl methyl sites for hydroxylation is 2. The van der Waals surface area contributed by atoms with E-state index in [-0.39, 0.29) is 0 Å². The van der Waals surface area contributed by atoms with Crippen LogP contribution in [0.3, 0.4) is 0 Å². The van der Waals surface area contributed by atoms with E-state index in [4.69, 9.17) is 11.6 Å². The van der Waals surface area contributed by atoms with Crippen molar-refractivity contribution in [1.82, 2.24) is 0 Å². The number of hydrogen-bond acceptors (Lipinski definition) is 1. The van der Waals surface area contributed by atoms with Crippen molar-refractivity contribution >= 4 is 38.9 Å². The topological polar surface area (TPSA) is 3.24 Å². The molecule has 0 saturated carbocycles. The van der Waals surface area contributed by atoms with Crippen molar-refractivity contribution < 1.29 is 0 Å². The molecule has 0 saturated heterocycles. The lowest BCUT2D eigenvalue weighted by Gasteiger charge is -2.23. The highest BCUT2D eigenvalue weighted by Gasteiger charge is 2.11. The lowest BCUT2D eigenvalue weighted by molar-refractivity contribution is 1.17. The Balaban J connectivity index is 2.49. The maximum atomic E-state index is 6.27. The highest BCUT2D eigenvalue weighted by molar-refractivity contribution is 9.08. The number of hydrogen-bond donors (Lipinski definition) is 0. The number of nitrogens with zero attached hydrogens (tertiary/aromatic N) is 1. The number of halogens is 2. The lowest BCUT2D eigenvalue weighted by Crippen LogP contribution is -2.12. The largest absolute Gasteiger partial charge is 0.344 e. The Morgan fingerprint density at radius 3 is 2.32 bits per heavy atom. The molecule has 19 heavy (non-hydrogen) atoms. The molecular weight excluding hydrogens is 322 g/mol. The van der Waals surface area contributed by atoms with Gasteiger partial charge in [0.2, 0.25) is 0 Å². The van der Waals surface area contributed by atoms with Crippen molar-refractivity contribution in [2.24, 2.45) is 0 Å². The molecule has 3 heteroatoms. The summed E-state index contributed by atoms with van der Waals surface area (Å²) in [5.41, 5.74) is 5.97. The van der Waals surface area contributed by atoms with E-state index >= 15 is 0 Å². The van der Waals surface area contributed by atoms with Gasteiger partial charge in [0.15, 0.2) is 0 Å². The molecule has 2 aromatic carbocycles. The van der Waals surface area contributed by atoms with Gasteiger partial charge in [-0.2, -0.15) is 0 Å². The van der Waals surface area contributed by atoms with Gasteiger partial charge in [-0.1, -0.05) is 39.7 Å². The van der Waals surface area contributed by atoms with Crippen LogP contribution in [0, 0.1) is 13.8 Å². The average molecular weight is 339 g/mol. The molecule has 0 bridgehead atoms. The Hall–Kier alpha value is -0.990. The van der Waals surface area contributed by atoms with Crippen LogP contribution in [0.2, 0.25) is 5.02 Å². The van der Waals surface area contributed by atoms with Gasteiger partial charge in [-0.25, -0.2) is 0 Å². The summed E-state index contributed by atoms with van der Waals surface area (Å²) in [6.45, 7) is 4.24. The highest BCUT2D eigenvalue weighted by Crippen LogP contribution is 2.33. The first-order valence-electron chi connectivity index (χ1n) is 6.18. The third kappa shape index (κ3) is 3.13. The lowest BCUT2D eigenvalue weighted by atomic mass is 10.1. The van der Waals surface area contributed by atoms with Crippen LogP contribution in [-0.4, -0.2) is 7.05 Å². The van der Waals surface area contributed by atoms with Crippen LogP contribution in [-0.2, 0) is 5.33 Å². The van der Waals surface area contributed by atoms with Crippen molar-refractivity contribution in [2.75, 3.05) is 11.9 Å². The van der Waals surface area contributed by atoms with Gasteiger partial charge in [-0.15, -0.1) is 0 Å². The Kier molecular flexibility index (Phi) is 4.54. The molecule has 0 heterocycles. The van der Waals surface area contributed by atoms with Crippen molar-refractivity contribution in [3.63, 3.8) is 0 Å². The van der Waals surface area contributed by atoms with Crippen LogP contribution >= 0.6 is 27.5 Å². The number of alkyl halides is 1. The molecule has 0 atom stereocenters. The summed E-state index contributed by atoms with van der Waals surface area (Å²) >= 11 is 9.78. The quantitative estimate of drug-likeness (QED) is 0.657. The van der Waals surface area contributed by atoms with Gasteiger partial charge in [0.05, 0.1) is 0 Å². The third-order valence-corrected chi connectivity index (χ3v) is 4.10. The second-order valence-corrected chi connectivity index (χ2v) is 5.74. The first-order valence-corrected chi connectivity index (χ1v) is 7.68. The maximum Gasteiger partial charge on any atom is 0.0467 e. The summed E-state index contributed by atoms with van der Waals surface area (Å²) in [6.07, 6.45) is 0. The molecule has 0 aliphatic carbocycles. The molecule has 2 rings (SSSR count). The normalized spacial score (nSPS) is 10.6. The van der Waals surface area contributed by atoms with Crippen molar-refractivity contribution in [3.05, 3.63) is 58.1 Å². The van der Waals surface area contributed by atoms with E-state index in [9.17, 15) is 0 Å². The van der Waals surface area contributed by atoms with E-state index in [1.165, 1.54) is 16.8 Å². The van der Waals surface area contributed by atoms with Crippen LogP contribution in [0.15, 0.2) is 36.4 Å². The summed E-state index contributed by atoms with van der Waals surface area (Å²) in [6, 6.07) is 12.6.